The van der Waals surface area contributed by atoms with Crippen LogP contribution in [0.5, 0.6) is 0 Å². The number of aryl methyl sites for hydroxylation is 1. The third-order valence-corrected chi connectivity index (χ3v) is 5.78. The number of nitrogens with two attached hydrogens (primary N) is 1. The standard InChI is InChI=1S/C18H15FN8OS/c1-26-14-11(15-17(26)24-13(29-15)6-9-4-5-21-25-9)7-22-27(18(14)28)8-10-2-3-12(19)16(20)23-10/h2-5,7H,6,8H2,1H3,(H2,20,23)(H,21,25). The molecule has 3 N–H and O–H groups in total. The van der Waals surface area contributed by atoms with E-state index in [1.165, 1.54) is 28.2 Å². The summed E-state index contributed by atoms with van der Waals surface area (Å²) in [5.74, 6) is -0.798. The van der Waals surface area contributed by atoms with Crippen LogP contribution in [-0.4, -0.2) is 34.5 Å². The fourth-order valence-corrected chi connectivity index (χ4v) is 4.43. The molecule has 0 saturated carbocycles. The van der Waals surface area contributed by atoms with E-state index < -0.39 is 5.82 Å². The monoisotopic (exact) mass is 410 g/mol. The summed E-state index contributed by atoms with van der Waals surface area (Å²) in [7, 11) is 1.81. The Balaban J connectivity index is 1.57. The smallest absolute Gasteiger partial charge is 0.291 e. The average Bonchev–Trinajstić information content (AvgIpc) is 3.40. The van der Waals surface area contributed by atoms with Crippen molar-refractivity contribution in [2.45, 2.75) is 13.0 Å². The Morgan fingerprint density at radius 3 is 2.86 bits per heavy atom. The molecule has 0 aromatic carbocycles. The number of rotatable bonds is 4. The van der Waals surface area contributed by atoms with E-state index in [0.29, 0.717) is 17.6 Å². The van der Waals surface area contributed by atoms with E-state index in [0.717, 1.165) is 26.4 Å². The van der Waals surface area contributed by atoms with Crippen LogP contribution in [0.2, 0.25) is 0 Å². The molecule has 0 bridgehead atoms. The quantitative estimate of drug-likeness (QED) is 0.466. The lowest BCUT2D eigenvalue weighted by molar-refractivity contribution is 0.610. The second-order valence-electron chi connectivity index (χ2n) is 6.60. The Labute approximate surface area is 166 Å². The van der Waals surface area contributed by atoms with Crippen LogP contribution in [0.3, 0.4) is 0 Å². The number of nitrogen functional groups attached to an aromatic ring is 1. The first-order valence-electron chi connectivity index (χ1n) is 8.74. The number of halogens is 1. The molecule has 0 fully saturated rings. The molecular formula is C18H15FN8OS. The van der Waals surface area contributed by atoms with Gasteiger partial charge in [-0.05, 0) is 18.2 Å². The predicted octanol–water partition coefficient (Wildman–Crippen LogP) is 1.82. The molecule has 0 radical (unpaired) electrons. The number of nitrogens with one attached hydrogen (secondary N) is 1. The molecule has 5 rings (SSSR count). The number of anilines is 1. The van der Waals surface area contributed by atoms with E-state index in [-0.39, 0.29) is 17.9 Å². The van der Waals surface area contributed by atoms with E-state index in [1.807, 2.05) is 13.1 Å². The lowest BCUT2D eigenvalue weighted by Gasteiger charge is -2.06. The minimum Gasteiger partial charge on any atom is -0.381 e. The summed E-state index contributed by atoms with van der Waals surface area (Å²) in [5.41, 5.74) is 7.84. The number of hydrogen-bond acceptors (Lipinski definition) is 7. The molecule has 0 spiro atoms. The maximum atomic E-state index is 13.3. The van der Waals surface area contributed by atoms with Gasteiger partial charge in [0, 0.05) is 25.1 Å². The van der Waals surface area contributed by atoms with Gasteiger partial charge in [0.15, 0.2) is 17.3 Å². The number of aromatic amines is 1. The van der Waals surface area contributed by atoms with Crippen molar-refractivity contribution in [3.05, 3.63) is 63.2 Å². The summed E-state index contributed by atoms with van der Waals surface area (Å²) in [4.78, 5) is 21.7. The van der Waals surface area contributed by atoms with Crippen LogP contribution in [0, 0.1) is 5.82 Å². The number of nitrogens with zero attached hydrogens (tertiary/aromatic N) is 6. The summed E-state index contributed by atoms with van der Waals surface area (Å²) in [6.07, 6.45) is 4.04. The van der Waals surface area contributed by atoms with E-state index in [9.17, 15) is 9.18 Å². The molecule has 5 aromatic heterocycles. The number of pyridine rings is 1. The minimum atomic E-state index is -0.594. The van der Waals surface area contributed by atoms with Crippen molar-refractivity contribution in [3.63, 3.8) is 0 Å². The van der Waals surface area contributed by atoms with Crippen LogP contribution < -0.4 is 11.3 Å². The summed E-state index contributed by atoms with van der Waals surface area (Å²) >= 11 is 1.52. The predicted molar refractivity (Wildman–Crippen MR) is 107 cm³/mol. The first-order chi connectivity index (χ1) is 14.0. The van der Waals surface area contributed by atoms with Crippen molar-refractivity contribution in [2.24, 2.45) is 7.05 Å². The molecule has 0 saturated heterocycles. The maximum Gasteiger partial charge on any atom is 0.291 e. The van der Waals surface area contributed by atoms with Crippen molar-refractivity contribution in [1.29, 1.82) is 0 Å². The fraction of sp³-hybridized carbons (Fsp3) is 0.167. The SMILES string of the molecule is Cn1c2nc(Cc3cc[nH]n3)sc2c2cnn(Cc3ccc(F)c(N)n3)c(=O)c21. The third kappa shape index (κ3) is 2.86. The summed E-state index contributed by atoms with van der Waals surface area (Å²) in [6, 6.07) is 4.61. The molecule has 0 unspecified atom stereocenters. The minimum absolute atomic E-state index is 0.0932. The normalized spacial score (nSPS) is 11.7. The van der Waals surface area contributed by atoms with Crippen LogP contribution in [0.1, 0.15) is 16.4 Å². The summed E-state index contributed by atoms with van der Waals surface area (Å²) in [6.45, 7) is 0.0932. The lowest BCUT2D eigenvalue weighted by atomic mass is 10.3. The maximum absolute atomic E-state index is 13.3. The molecule has 5 heterocycles. The van der Waals surface area contributed by atoms with Gasteiger partial charge in [-0.3, -0.25) is 9.89 Å². The van der Waals surface area contributed by atoms with Gasteiger partial charge < -0.3 is 10.3 Å². The Morgan fingerprint density at radius 1 is 1.24 bits per heavy atom. The third-order valence-electron chi connectivity index (χ3n) is 4.70. The van der Waals surface area contributed by atoms with E-state index in [2.05, 4.69) is 25.3 Å². The van der Waals surface area contributed by atoms with E-state index in [4.69, 9.17) is 5.73 Å². The van der Waals surface area contributed by atoms with Crippen molar-refractivity contribution in [1.82, 2.24) is 34.5 Å². The van der Waals surface area contributed by atoms with Gasteiger partial charge in [-0.15, -0.1) is 11.3 Å². The number of thiazole rings is 1. The number of H-pyrrole nitrogens is 1. The highest BCUT2D eigenvalue weighted by atomic mass is 32.1. The first kappa shape index (κ1) is 17.5. The van der Waals surface area contributed by atoms with Crippen LogP contribution in [0.15, 0.2) is 35.4 Å². The second kappa shape index (κ2) is 6.48. The van der Waals surface area contributed by atoms with Gasteiger partial charge in [-0.2, -0.15) is 10.2 Å². The first-order valence-corrected chi connectivity index (χ1v) is 9.56. The van der Waals surface area contributed by atoms with Crippen LogP contribution in [0.25, 0.3) is 21.3 Å². The summed E-state index contributed by atoms with van der Waals surface area (Å²) < 4.78 is 17.3. The molecule has 11 heteroatoms. The highest BCUT2D eigenvalue weighted by Gasteiger charge is 2.19. The zero-order valence-corrected chi connectivity index (χ0v) is 16.1. The van der Waals surface area contributed by atoms with Gasteiger partial charge in [0.05, 0.1) is 28.8 Å². The highest BCUT2D eigenvalue weighted by molar-refractivity contribution is 7.19. The number of aromatic nitrogens is 7. The molecule has 0 atom stereocenters. The van der Waals surface area contributed by atoms with Gasteiger partial charge in [0.25, 0.3) is 5.56 Å². The largest absolute Gasteiger partial charge is 0.381 e. The molecule has 0 aliphatic carbocycles. The second-order valence-corrected chi connectivity index (χ2v) is 7.68. The Bertz CT molecular complexity index is 1420. The van der Waals surface area contributed by atoms with Crippen LogP contribution in [0.4, 0.5) is 10.2 Å². The van der Waals surface area contributed by atoms with Crippen LogP contribution >= 0.6 is 11.3 Å². The van der Waals surface area contributed by atoms with E-state index in [1.54, 1.807) is 17.0 Å². The fourth-order valence-electron chi connectivity index (χ4n) is 3.31. The van der Waals surface area contributed by atoms with Crippen molar-refractivity contribution in [2.75, 3.05) is 5.73 Å². The zero-order valence-electron chi connectivity index (χ0n) is 15.3. The average molecular weight is 410 g/mol. The molecule has 0 aliphatic rings. The molecule has 146 valence electrons. The molecule has 0 aliphatic heterocycles. The topological polar surface area (TPSA) is 120 Å². The molecule has 0 amide bonds. The highest BCUT2D eigenvalue weighted by Crippen LogP contribution is 2.31. The van der Waals surface area contributed by atoms with Crippen LogP contribution in [-0.2, 0) is 20.0 Å². The van der Waals surface area contributed by atoms with Crippen molar-refractivity contribution < 1.29 is 4.39 Å². The van der Waals surface area contributed by atoms with Gasteiger partial charge in [0.1, 0.15) is 10.5 Å². The van der Waals surface area contributed by atoms with Gasteiger partial charge in [0.2, 0.25) is 0 Å². The van der Waals surface area contributed by atoms with Crippen molar-refractivity contribution in [3.8, 4) is 0 Å². The summed E-state index contributed by atoms with van der Waals surface area (Å²) in [5, 5.41) is 12.9. The van der Waals surface area contributed by atoms with Gasteiger partial charge >= 0.3 is 0 Å². The lowest BCUT2D eigenvalue weighted by Crippen LogP contribution is -2.25. The number of fused-ring (bicyclic) bond motifs is 3. The van der Waals surface area contributed by atoms with Gasteiger partial charge in [-0.25, -0.2) is 19.0 Å². The van der Waals surface area contributed by atoms with Gasteiger partial charge in [-0.1, -0.05) is 0 Å². The Kier molecular flexibility index (Phi) is 3.91. The molecule has 5 aromatic rings. The molecule has 29 heavy (non-hydrogen) atoms. The van der Waals surface area contributed by atoms with E-state index >= 15 is 0 Å². The Morgan fingerprint density at radius 2 is 2.10 bits per heavy atom. The number of hydrogen-bond donors (Lipinski definition) is 2. The molecule has 9 nitrogen and oxygen atoms in total. The Hall–Kier alpha value is -3.60. The van der Waals surface area contributed by atoms with Crippen molar-refractivity contribution >= 4 is 38.4 Å². The molecular weight excluding hydrogens is 395 g/mol. The zero-order chi connectivity index (χ0) is 20.1.